The second-order valence-electron chi connectivity index (χ2n) is 5.21. The molecule has 0 radical (unpaired) electrons. The Morgan fingerprint density at radius 2 is 0.944 bits per heavy atom. The summed E-state index contributed by atoms with van der Waals surface area (Å²) in [7, 11) is 0. The summed E-state index contributed by atoms with van der Waals surface area (Å²) in [6.07, 6.45) is 0. The van der Waals surface area contributed by atoms with Gasteiger partial charge in [-0.1, -0.05) is 27.7 Å². The van der Waals surface area contributed by atoms with Crippen molar-refractivity contribution in [2.75, 3.05) is 0 Å². The van der Waals surface area contributed by atoms with Crippen molar-refractivity contribution in [3.63, 3.8) is 0 Å². The average molecular weight is 264 g/mol. The molecule has 4 N–H and O–H groups in total. The van der Waals surface area contributed by atoms with Crippen LogP contribution in [0.1, 0.15) is 41.5 Å². The first-order chi connectivity index (χ1) is 7.77. The Labute approximate surface area is 107 Å². The van der Waals surface area contributed by atoms with Gasteiger partial charge in [-0.3, -0.25) is 0 Å². The van der Waals surface area contributed by atoms with Gasteiger partial charge in [0.05, 0.1) is 0 Å². The Bertz CT molecular complexity index is 261. The normalized spacial score (nSPS) is 17.4. The number of aliphatic carboxylic acids is 2. The minimum Gasteiger partial charge on any atom is -0.479 e. The van der Waals surface area contributed by atoms with Crippen molar-refractivity contribution >= 4 is 11.9 Å². The lowest BCUT2D eigenvalue weighted by Crippen LogP contribution is -2.40. The molecule has 0 saturated heterocycles. The van der Waals surface area contributed by atoms with Crippen molar-refractivity contribution in [1.29, 1.82) is 0 Å². The van der Waals surface area contributed by atoms with Crippen LogP contribution in [-0.4, -0.2) is 43.6 Å². The van der Waals surface area contributed by atoms with Gasteiger partial charge in [0.15, 0.2) is 11.2 Å². The number of carboxylic acid groups (broad SMARTS) is 2. The lowest BCUT2D eigenvalue weighted by molar-refractivity contribution is -0.161. The smallest absolute Gasteiger partial charge is 0.335 e. The van der Waals surface area contributed by atoms with Crippen molar-refractivity contribution in [2.24, 2.45) is 11.8 Å². The Morgan fingerprint density at radius 1 is 0.778 bits per heavy atom. The van der Waals surface area contributed by atoms with Crippen molar-refractivity contribution in [3.8, 4) is 0 Å². The number of hydrogen-bond acceptors (Lipinski definition) is 4. The zero-order chi connectivity index (χ0) is 15.3. The van der Waals surface area contributed by atoms with Crippen LogP contribution in [0.25, 0.3) is 0 Å². The summed E-state index contributed by atoms with van der Waals surface area (Å²) in [5.41, 5.74) is -3.17. The van der Waals surface area contributed by atoms with Crippen LogP contribution in [0.5, 0.6) is 0 Å². The predicted molar refractivity (Wildman–Crippen MR) is 66.2 cm³/mol. The number of carbonyl (C=O) groups is 2. The zero-order valence-corrected chi connectivity index (χ0v) is 11.8. The molecule has 0 aromatic rings. The van der Waals surface area contributed by atoms with Crippen LogP contribution in [0.3, 0.4) is 0 Å². The Morgan fingerprint density at radius 3 is 0.944 bits per heavy atom. The van der Waals surface area contributed by atoms with Crippen molar-refractivity contribution in [1.82, 2.24) is 0 Å². The molecule has 0 aliphatic carbocycles. The molecule has 108 valence electrons. The van der Waals surface area contributed by atoms with Gasteiger partial charge >= 0.3 is 11.9 Å². The van der Waals surface area contributed by atoms with E-state index in [0.717, 1.165) is 0 Å². The largest absolute Gasteiger partial charge is 0.479 e. The summed E-state index contributed by atoms with van der Waals surface area (Å²) in [6.45, 7) is 9.23. The molecule has 0 aromatic carbocycles. The first kappa shape index (κ1) is 19.2. The molecule has 0 bridgehead atoms. The summed E-state index contributed by atoms with van der Waals surface area (Å²) in [4.78, 5) is 20.4. The van der Waals surface area contributed by atoms with E-state index < -0.39 is 23.1 Å². The maximum Gasteiger partial charge on any atom is 0.335 e. The summed E-state index contributed by atoms with van der Waals surface area (Å²) in [6, 6.07) is 0. The highest BCUT2D eigenvalue weighted by atomic mass is 16.4. The fourth-order valence-electron chi connectivity index (χ4n) is 0.494. The number of aliphatic hydroxyl groups is 2. The molecule has 0 aliphatic heterocycles. The van der Waals surface area contributed by atoms with Crippen LogP contribution in [0.15, 0.2) is 0 Å². The van der Waals surface area contributed by atoms with Gasteiger partial charge in [0, 0.05) is 0 Å². The van der Waals surface area contributed by atoms with Gasteiger partial charge < -0.3 is 20.4 Å². The quantitative estimate of drug-likeness (QED) is 0.601. The van der Waals surface area contributed by atoms with Crippen LogP contribution in [0.4, 0.5) is 0 Å². The van der Waals surface area contributed by atoms with Gasteiger partial charge in [-0.15, -0.1) is 0 Å². The summed E-state index contributed by atoms with van der Waals surface area (Å²) >= 11 is 0. The lowest BCUT2D eigenvalue weighted by Gasteiger charge is -2.21. The molecule has 0 amide bonds. The molecular formula is C12H24O6. The first-order valence-corrected chi connectivity index (χ1v) is 5.69. The van der Waals surface area contributed by atoms with Gasteiger partial charge in [-0.2, -0.15) is 0 Å². The molecule has 6 nitrogen and oxygen atoms in total. The highest BCUT2D eigenvalue weighted by molar-refractivity contribution is 5.77. The maximum atomic E-state index is 10.2. The lowest BCUT2D eigenvalue weighted by atomic mass is 9.93. The third kappa shape index (κ3) is 5.46. The van der Waals surface area contributed by atoms with E-state index in [1.54, 1.807) is 27.7 Å². The SMILES string of the molecule is CC(C)C(C)(O)C(=O)O.CC(C)C(C)(O)C(=O)O. The standard InChI is InChI=1S/2C6H12O3/c2*1-4(2)6(3,9)5(7)8/h2*4,9H,1-3H3,(H,7,8). The van der Waals surface area contributed by atoms with E-state index in [2.05, 4.69) is 0 Å². The zero-order valence-electron chi connectivity index (χ0n) is 11.8. The minimum absolute atomic E-state index is 0.255. The molecule has 0 fully saturated rings. The van der Waals surface area contributed by atoms with E-state index >= 15 is 0 Å². The Kier molecular flexibility index (Phi) is 7.15. The van der Waals surface area contributed by atoms with Crippen LogP contribution >= 0.6 is 0 Å². The van der Waals surface area contributed by atoms with Gasteiger partial charge in [0.2, 0.25) is 0 Å². The van der Waals surface area contributed by atoms with E-state index in [4.69, 9.17) is 20.4 Å². The molecule has 0 spiro atoms. The van der Waals surface area contributed by atoms with E-state index in [1.165, 1.54) is 13.8 Å². The van der Waals surface area contributed by atoms with Gasteiger partial charge in [0.25, 0.3) is 0 Å². The van der Waals surface area contributed by atoms with E-state index in [1.807, 2.05) is 0 Å². The third-order valence-electron chi connectivity index (χ3n) is 3.11. The fraction of sp³-hybridized carbons (Fsp3) is 0.833. The molecule has 0 aromatic heterocycles. The molecule has 0 aliphatic rings. The third-order valence-corrected chi connectivity index (χ3v) is 3.11. The molecule has 0 saturated carbocycles. The Hall–Kier alpha value is -1.14. The molecule has 2 atom stereocenters. The van der Waals surface area contributed by atoms with Gasteiger partial charge in [-0.25, -0.2) is 9.59 Å². The molecule has 6 heteroatoms. The second kappa shape index (κ2) is 6.70. The molecule has 0 rings (SSSR count). The summed E-state index contributed by atoms with van der Waals surface area (Å²) in [5, 5.41) is 34.9. The van der Waals surface area contributed by atoms with Crippen LogP contribution in [0.2, 0.25) is 0 Å². The monoisotopic (exact) mass is 264 g/mol. The Balaban J connectivity index is 0. The number of hydrogen-bond donors (Lipinski definition) is 4. The molecule has 0 heterocycles. The van der Waals surface area contributed by atoms with E-state index in [0.29, 0.717) is 0 Å². The van der Waals surface area contributed by atoms with Crippen molar-refractivity contribution in [3.05, 3.63) is 0 Å². The highest BCUT2D eigenvalue weighted by Gasteiger charge is 2.33. The number of rotatable bonds is 4. The van der Waals surface area contributed by atoms with Crippen molar-refractivity contribution < 1.29 is 30.0 Å². The van der Waals surface area contributed by atoms with E-state index in [9.17, 15) is 9.59 Å². The second-order valence-corrected chi connectivity index (χ2v) is 5.21. The summed E-state index contributed by atoms with van der Waals surface area (Å²) < 4.78 is 0. The van der Waals surface area contributed by atoms with Gasteiger partial charge in [0.1, 0.15) is 0 Å². The predicted octanol–water partition coefficient (Wildman–Crippen LogP) is 0.956. The maximum absolute atomic E-state index is 10.2. The van der Waals surface area contributed by atoms with E-state index in [-0.39, 0.29) is 11.8 Å². The topological polar surface area (TPSA) is 115 Å². The first-order valence-electron chi connectivity index (χ1n) is 5.69. The van der Waals surface area contributed by atoms with Crippen LogP contribution in [0, 0.1) is 11.8 Å². The van der Waals surface area contributed by atoms with Crippen molar-refractivity contribution in [2.45, 2.75) is 52.7 Å². The average Bonchev–Trinajstić information content (AvgIpc) is 2.17. The highest BCUT2D eigenvalue weighted by Crippen LogP contribution is 2.15. The minimum atomic E-state index is -1.58. The van der Waals surface area contributed by atoms with Crippen LogP contribution in [-0.2, 0) is 9.59 Å². The molecule has 2 unspecified atom stereocenters. The molecule has 18 heavy (non-hydrogen) atoms. The number of carboxylic acids is 2. The fourth-order valence-corrected chi connectivity index (χ4v) is 0.494. The summed E-state index contributed by atoms with van der Waals surface area (Å²) in [5.74, 6) is -2.85. The van der Waals surface area contributed by atoms with Crippen LogP contribution < -0.4 is 0 Å². The van der Waals surface area contributed by atoms with Gasteiger partial charge in [-0.05, 0) is 25.7 Å². The molecular weight excluding hydrogens is 240 g/mol.